The number of amides is 2. The van der Waals surface area contributed by atoms with Crippen LogP contribution in [0.25, 0.3) is 10.9 Å². The number of nitrogens with one attached hydrogen (secondary N) is 1. The van der Waals surface area contributed by atoms with Crippen LogP contribution in [0, 0.1) is 6.92 Å². The number of aryl methyl sites for hydroxylation is 1. The monoisotopic (exact) mass is 450 g/mol. The highest BCUT2D eigenvalue weighted by Crippen LogP contribution is 2.18. The predicted octanol–water partition coefficient (Wildman–Crippen LogP) is 2.89. The van der Waals surface area contributed by atoms with Crippen LogP contribution in [-0.4, -0.2) is 45.1 Å². The second-order valence-electron chi connectivity index (χ2n) is 8.04. The van der Waals surface area contributed by atoms with Crippen molar-refractivity contribution in [3.05, 3.63) is 69.5 Å². The van der Waals surface area contributed by atoms with Gasteiger partial charge in [0.05, 0.1) is 16.7 Å². The maximum absolute atomic E-state index is 12.6. The Morgan fingerprint density at radius 1 is 1.09 bits per heavy atom. The maximum atomic E-state index is 12.6. The number of likely N-dealkylation sites (tertiary alicyclic amines) is 1. The fourth-order valence-corrected chi connectivity index (χ4v) is 4.54. The van der Waals surface area contributed by atoms with Crippen LogP contribution < -0.4 is 10.9 Å². The number of thioether (sulfide) groups is 1. The molecule has 1 aliphatic rings. The van der Waals surface area contributed by atoms with Gasteiger partial charge < -0.3 is 10.2 Å². The Bertz CT molecular complexity index is 1210. The molecule has 0 unspecified atom stereocenters. The second kappa shape index (κ2) is 9.56. The zero-order chi connectivity index (χ0) is 22.7. The van der Waals surface area contributed by atoms with Crippen LogP contribution in [0.1, 0.15) is 34.3 Å². The van der Waals surface area contributed by atoms with Gasteiger partial charge in [-0.15, -0.1) is 0 Å². The van der Waals surface area contributed by atoms with Crippen molar-refractivity contribution < 1.29 is 9.59 Å². The summed E-state index contributed by atoms with van der Waals surface area (Å²) in [5, 5.41) is 3.96. The van der Waals surface area contributed by atoms with E-state index in [0.29, 0.717) is 28.2 Å². The highest BCUT2D eigenvalue weighted by Gasteiger charge is 2.19. The normalized spacial score (nSPS) is 13.5. The molecule has 32 heavy (non-hydrogen) atoms. The first-order valence-corrected chi connectivity index (χ1v) is 11.7. The fourth-order valence-electron chi connectivity index (χ4n) is 3.74. The van der Waals surface area contributed by atoms with E-state index in [1.54, 1.807) is 7.05 Å². The summed E-state index contributed by atoms with van der Waals surface area (Å²) in [4.78, 5) is 43.8. The number of hydrogen-bond acceptors (Lipinski definition) is 5. The van der Waals surface area contributed by atoms with Crippen LogP contribution in [0.5, 0.6) is 0 Å². The summed E-state index contributed by atoms with van der Waals surface area (Å²) < 4.78 is 1.48. The molecule has 1 N–H and O–H groups in total. The number of benzene rings is 2. The molecule has 1 fully saturated rings. The third-order valence-electron chi connectivity index (χ3n) is 5.61. The van der Waals surface area contributed by atoms with Crippen molar-refractivity contribution in [2.24, 2.45) is 7.05 Å². The van der Waals surface area contributed by atoms with Gasteiger partial charge in [-0.2, -0.15) is 0 Å². The Kier molecular flexibility index (Phi) is 6.60. The molecule has 0 atom stereocenters. The summed E-state index contributed by atoms with van der Waals surface area (Å²) in [5.74, 6) is 0.0759. The molecular formula is C24H26N4O3S. The molecule has 1 aromatic heterocycles. The molecule has 0 spiro atoms. The number of fused-ring (bicyclic) bond motifs is 1. The van der Waals surface area contributed by atoms with E-state index in [4.69, 9.17) is 0 Å². The lowest BCUT2D eigenvalue weighted by Crippen LogP contribution is -2.27. The van der Waals surface area contributed by atoms with E-state index in [2.05, 4.69) is 10.3 Å². The number of carbonyl (C=O) groups excluding carboxylic acids is 2. The van der Waals surface area contributed by atoms with Crippen LogP contribution in [-0.2, 0) is 18.4 Å². The average molecular weight is 451 g/mol. The standard InChI is InChI=1S/C24H26N4O3S/c1-16-5-10-20-19(13-16)23(31)27(2)24(26-20)32-15-21(29)25-14-17-6-8-18(9-7-17)22(30)28-11-3-4-12-28/h5-10,13H,3-4,11-12,14-15H2,1-2H3,(H,25,29). The smallest absolute Gasteiger partial charge is 0.261 e. The number of rotatable bonds is 6. The first-order valence-electron chi connectivity index (χ1n) is 10.7. The SMILES string of the molecule is Cc1ccc2nc(SCC(=O)NCc3ccc(C(=O)N4CCCC4)cc3)n(C)c(=O)c2c1. The van der Waals surface area contributed by atoms with Crippen molar-refractivity contribution in [2.75, 3.05) is 18.8 Å². The quantitative estimate of drug-likeness (QED) is 0.461. The van der Waals surface area contributed by atoms with Gasteiger partial charge in [0.25, 0.3) is 11.5 Å². The van der Waals surface area contributed by atoms with Crippen molar-refractivity contribution in [2.45, 2.75) is 31.5 Å². The van der Waals surface area contributed by atoms with E-state index in [9.17, 15) is 14.4 Å². The topological polar surface area (TPSA) is 84.3 Å². The van der Waals surface area contributed by atoms with Crippen molar-refractivity contribution in [3.8, 4) is 0 Å². The van der Waals surface area contributed by atoms with Crippen molar-refractivity contribution in [1.29, 1.82) is 0 Å². The average Bonchev–Trinajstić information content (AvgIpc) is 3.34. The Morgan fingerprint density at radius 2 is 1.81 bits per heavy atom. The number of hydrogen-bond donors (Lipinski definition) is 1. The van der Waals surface area contributed by atoms with E-state index in [1.165, 1.54) is 16.3 Å². The fraction of sp³-hybridized carbons (Fsp3) is 0.333. The van der Waals surface area contributed by atoms with Crippen LogP contribution in [0.4, 0.5) is 0 Å². The number of carbonyl (C=O) groups is 2. The second-order valence-corrected chi connectivity index (χ2v) is 8.98. The molecular weight excluding hydrogens is 424 g/mol. The summed E-state index contributed by atoms with van der Waals surface area (Å²) in [6, 6.07) is 12.9. The molecule has 2 amide bonds. The summed E-state index contributed by atoms with van der Waals surface area (Å²) in [6.07, 6.45) is 2.13. The zero-order valence-corrected chi connectivity index (χ0v) is 19.1. The first-order chi connectivity index (χ1) is 15.4. The lowest BCUT2D eigenvalue weighted by atomic mass is 10.1. The van der Waals surface area contributed by atoms with Crippen molar-refractivity contribution in [1.82, 2.24) is 19.8 Å². The number of aromatic nitrogens is 2. The van der Waals surface area contributed by atoms with Crippen molar-refractivity contribution in [3.63, 3.8) is 0 Å². The Balaban J connectivity index is 1.33. The summed E-state index contributed by atoms with van der Waals surface area (Å²) in [7, 11) is 1.67. The minimum Gasteiger partial charge on any atom is -0.351 e. The molecule has 0 aliphatic carbocycles. The van der Waals surface area contributed by atoms with Crippen LogP contribution >= 0.6 is 11.8 Å². The van der Waals surface area contributed by atoms with Gasteiger partial charge in [-0.25, -0.2) is 4.98 Å². The molecule has 1 saturated heterocycles. The third-order valence-corrected chi connectivity index (χ3v) is 6.64. The molecule has 1 aliphatic heterocycles. The molecule has 166 valence electrons. The van der Waals surface area contributed by atoms with E-state index in [0.717, 1.165) is 37.1 Å². The van der Waals surface area contributed by atoms with E-state index in [-0.39, 0.29) is 23.1 Å². The summed E-state index contributed by atoms with van der Waals surface area (Å²) >= 11 is 1.23. The largest absolute Gasteiger partial charge is 0.351 e. The summed E-state index contributed by atoms with van der Waals surface area (Å²) in [5.41, 5.74) is 3.11. The van der Waals surface area contributed by atoms with Crippen LogP contribution in [0.15, 0.2) is 52.4 Å². The molecule has 7 nitrogen and oxygen atoms in total. The minimum atomic E-state index is -0.148. The molecule has 0 saturated carbocycles. The van der Waals surface area contributed by atoms with Gasteiger partial charge in [-0.05, 0) is 49.6 Å². The van der Waals surface area contributed by atoms with Crippen LogP contribution in [0.3, 0.4) is 0 Å². The Hall–Kier alpha value is -3.13. The zero-order valence-electron chi connectivity index (χ0n) is 18.3. The highest BCUT2D eigenvalue weighted by molar-refractivity contribution is 7.99. The molecule has 3 aromatic rings. The molecule has 0 bridgehead atoms. The third kappa shape index (κ3) is 4.85. The maximum Gasteiger partial charge on any atom is 0.261 e. The molecule has 8 heteroatoms. The van der Waals surface area contributed by atoms with Gasteiger partial charge in [0.15, 0.2) is 5.16 Å². The summed E-state index contributed by atoms with van der Waals surface area (Å²) in [6.45, 7) is 3.96. The molecule has 0 radical (unpaired) electrons. The Morgan fingerprint density at radius 3 is 2.53 bits per heavy atom. The highest BCUT2D eigenvalue weighted by atomic mass is 32.2. The van der Waals surface area contributed by atoms with E-state index < -0.39 is 0 Å². The Labute approximate surface area is 190 Å². The van der Waals surface area contributed by atoms with Crippen LogP contribution in [0.2, 0.25) is 0 Å². The van der Waals surface area contributed by atoms with Gasteiger partial charge in [-0.1, -0.05) is 35.5 Å². The van der Waals surface area contributed by atoms with Gasteiger partial charge in [0, 0.05) is 32.2 Å². The van der Waals surface area contributed by atoms with E-state index >= 15 is 0 Å². The van der Waals surface area contributed by atoms with Gasteiger partial charge >= 0.3 is 0 Å². The van der Waals surface area contributed by atoms with Crippen molar-refractivity contribution >= 4 is 34.5 Å². The number of nitrogens with zero attached hydrogens (tertiary/aromatic N) is 3. The molecule has 2 heterocycles. The minimum absolute atomic E-state index is 0.0677. The van der Waals surface area contributed by atoms with Gasteiger partial charge in [0.2, 0.25) is 5.91 Å². The first kappa shape index (κ1) is 22.1. The lowest BCUT2D eigenvalue weighted by molar-refractivity contribution is -0.118. The van der Waals surface area contributed by atoms with E-state index in [1.807, 2.05) is 54.3 Å². The van der Waals surface area contributed by atoms with Gasteiger partial charge in [-0.3, -0.25) is 19.0 Å². The van der Waals surface area contributed by atoms with Gasteiger partial charge in [0.1, 0.15) is 0 Å². The predicted molar refractivity (Wildman–Crippen MR) is 126 cm³/mol. The molecule has 2 aromatic carbocycles. The molecule has 4 rings (SSSR count). The lowest BCUT2D eigenvalue weighted by Gasteiger charge is -2.15.